The van der Waals surface area contributed by atoms with E-state index >= 15 is 0 Å². The molecule has 7 nitrogen and oxygen atoms in total. The first kappa shape index (κ1) is 19.8. The van der Waals surface area contributed by atoms with E-state index in [-0.39, 0.29) is 36.6 Å². The zero-order chi connectivity index (χ0) is 15.9. The fourth-order valence-corrected chi connectivity index (χ4v) is 3.00. The molecule has 0 aliphatic carbocycles. The van der Waals surface area contributed by atoms with Gasteiger partial charge in [0.1, 0.15) is 0 Å². The highest BCUT2D eigenvalue weighted by Gasteiger charge is 2.27. The Kier molecular flexibility index (Phi) is 8.46. The van der Waals surface area contributed by atoms with Crippen LogP contribution in [0.25, 0.3) is 0 Å². The highest BCUT2D eigenvalue weighted by molar-refractivity contribution is 7.13. The van der Waals surface area contributed by atoms with E-state index in [1.807, 2.05) is 0 Å². The summed E-state index contributed by atoms with van der Waals surface area (Å²) in [6.45, 7) is 3.38. The quantitative estimate of drug-likeness (QED) is 0.740. The van der Waals surface area contributed by atoms with Gasteiger partial charge in [-0.25, -0.2) is 4.98 Å². The van der Waals surface area contributed by atoms with Crippen molar-refractivity contribution < 1.29 is 19.1 Å². The molecule has 130 valence electrons. The van der Waals surface area contributed by atoms with Crippen molar-refractivity contribution in [2.45, 2.75) is 32.2 Å². The van der Waals surface area contributed by atoms with Crippen molar-refractivity contribution in [3.8, 4) is 0 Å². The Bertz CT molecular complexity index is 520. The third-order valence-corrected chi connectivity index (χ3v) is 4.30. The lowest BCUT2D eigenvalue weighted by Crippen LogP contribution is -2.44. The number of carbonyl (C=O) groups excluding carboxylic acids is 2. The molecule has 1 aliphatic rings. The van der Waals surface area contributed by atoms with E-state index in [0.717, 1.165) is 12.8 Å². The lowest BCUT2D eigenvalue weighted by atomic mass is 9.92. The first-order valence-corrected chi connectivity index (χ1v) is 8.22. The summed E-state index contributed by atoms with van der Waals surface area (Å²) < 4.78 is 10.1. The molecule has 1 aromatic rings. The smallest absolute Gasteiger partial charge is 0.311 e. The predicted molar refractivity (Wildman–Crippen MR) is 89.8 cm³/mol. The number of hydrogen-bond donors (Lipinski definition) is 2. The van der Waals surface area contributed by atoms with Gasteiger partial charge in [0.15, 0.2) is 5.13 Å². The highest BCUT2D eigenvalue weighted by Crippen LogP contribution is 2.20. The molecule has 0 saturated carbocycles. The van der Waals surface area contributed by atoms with Crippen molar-refractivity contribution in [3.63, 3.8) is 0 Å². The van der Waals surface area contributed by atoms with Crippen molar-refractivity contribution in [2.24, 2.45) is 11.7 Å². The Balaban J connectivity index is 0.00000264. The van der Waals surface area contributed by atoms with E-state index in [4.69, 9.17) is 15.2 Å². The number of amides is 1. The fraction of sp³-hybridized carbons (Fsp3) is 0.643. The van der Waals surface area contributed by atoms with Crippen LogP contribution >= 0.6 is 23.7 Å². The summed E-state index contributed by atoms with van der Waals surface area (Å²) in [7, 11) is 0. The Morgan fingerprint density at radius 3 is 2.87 bits per heavy atom. The molecule has 1 fully saturated rings. The van der Waals surface area contributed by atoms with Crippen molar-refractivity contribution >= 4 is 40.8 Å². The number of thiazole rings is 1. The molecule has 1 unspecified atom stereocenters. The average Bonchev–Trinajstić information content (AvgIpc) is 2.94. The van der Waals surface area contributed by atoms with Crippen molar-refractivity contribution in [2.75, 3.05) is 25.1 Å². The van der Waals surface area contributed by atoms with Gasteiger partial charge in [0, 0.05) is 18.6 Å². The Hall–Kier alpha value is -1.22. The van der Waals surface area contributed by atoms with Crippen LogP contribution in [0, 0.1) is 5.92 Å². The van der Waals surface area contributed by atoms with E-state index in [1.54, 1.807) is 12.3 Å². The van der Waals surface area contributed by atoms with Gasteiger partial charge >= 0.3 is 5.97 Å². The fourth-order valence-electron chi connectivity index (χ4n) is 2.28. The SMILES string of the molecule is CCOC(=O)Cc1csc(NC(=O)C(N)C2CCOCC2)n1.Cl. The number of ether oxygens (including phenoxy) is 2. The van der Waals surface area contributed by atoms with Crippen LogP contribution in [0.15, 0.2) is 5.38 Å². The summed E-state index contributed by atoms with van der Waals surface area (Å²) in [6, 6.07) is -0.568. The molecule has 0 bridgehead atoms. The maximum atomic E-state index is 12.1. The maximum absolute atomic E-state index is 12.1. The second-order valence-corrected chi connectivity index (χ2v) is 5.95. The Morgan fingerprint density at radius 2 is 2.22 bits per heavy atom. The van der Waals surface area contributed by atoms with E-state index < -0.39 is 6.04 Å². The van der Waals surface area contributed by atoms with Gasteiger partial charge in [-0.1, -0.05) is 0 Å². The van der Waals surface area contributed by atoms with Gasteiger partial charge in [-0.2, -0.15) is 0 Å². The molecule has 9 heteroatoms. The molecule has 3 N–H and O–H groups in total. The molecule has 1 aromatic heterocycles. The number of halogens is 1. The zero-order valence-electron chi connectivity index (χ0n) is 12.9. The number of aromatic nitrogens is 1. The lowest BCUT2D eigenvalue weighted by Gasteiger charge is -2.26. The zero-order valence-corrected chi connectivity index (χ0v) is 14.6. The summed E-state index contributed by atoms with van der Waals surface area (Å²) in [5.41, 5.74) is 6.58. The van der Waals surface area contributed by atoms with Gasteiger partial charge < -0.3 is 20.5 Å². The molecule has 1 saturated heterocycles. The van der Waals surface area contributed by atoms with Gasteiger partial charge in [-0.05, 0) is 25.7 Å². The van der Waals surface area contributed by atoms with Gasteiger partial charge in [-0.3, -0.25) is 9.59 Å². The van der Waals surface area contributed by atoms with E-state index in [1.165, 1.54) is 11.3 Å². The number of nitrogens with two attached hydrogens (primary N) is 1. The second kappa shape index (κ2) is 9.82. The molecular weight excluding hydrogens is 342 g/mol. The largest absolute Gasteiger partial charge is 0.466 e. The van der Waals surface area contributed by atoms with Gasteiger partial charge in [-0.15, -0.1) is 23.7 Å². The first-order valence-electron chi connectivity index (χ1n) is 7.34. The highest BCUT2D eigenvalue weighted by atomic mass is 35.5. The van der Waals surface area contributed by atoms with Gasteiger partial charge in [0.25, 0.3) is 0 Å². The first-order chi connectivity index (χ1) is 10.6. The molecule has 23 heavy (non-hydrogen) atoms. The van der Waals surface area contributed by atoms with E-state index in [2.05, 4.69) is 10.3 Å². The maximum Gasteiger partial charge on any atom is 0.311 e. The molecule has 2 rings (SSSR count). The predicted octanol–water partition coefficient (Wildman–Crippen LogP) is 1.36. The van der Waals surface area contributed by atoms with Crippen LogP contribution in [0.1, 0.15) is 25.5 Å². The van der Waals surface area contributed by atoms with Crippen molar-refractivity contribution in [1.29, 1.82) is 0 Å². The normalized spacial score (nSPS) is 16.3. The number of anilines is 1. The molecule has 0 aromatic carbocycles. The molecule has 1 aliphatic heterocycles. The van der Waals surface area contributed by atoms with Crippen LogP contribution < -0.4 is 11.1 Å². The van der Waals surface area contributed by atoms with Crippen molar-refractivity contribution in [3.05, 3.63) is 11.1 Å². The summed E-state index contributed by atoms with van der Waals surface area (Å²) in [4.78, 5) is 27.7. The molecule has 2 heterocycles. The van der Waals surface area contributed by atoms with E-state index in [0.29, 0.717) is 30.6 Å². The standard InChI is InChI=1S/C14H21N3O4S.ClH/c1-2-21-11(18)7-10-8-22-14(16-10)17-13(19)12(15)9-3-5-20-6-4-9;/h8-9,12H,2-7,15H2,1H3,(H,16,17,19);1H. The van der Waals surface area contributed by atoms with Crippen LogP contribution in [0.5, 0.6) is 0 Å². The van der Waals surface area contributed by atoms with Crippen molar-refractivity contribution in [1.82, 2.24) is 4.98 Å². The Morgan fingerprint density at radius 1 is 1.52 bits per heavy atom. The number of nitrogens with zero attached hydrogens (tertiary/aromatic N) is 1. The minimum Gasteiger partial charge on any atom is -0.466 e. The van der Waals surface area contributed by atoms with Crippen LogP contribution in [0.4, 0.5) is 5.13 Å². The lowest BCUT2D eigenvalue weighted by molar-refractivity contribution is -0.142. The number of rotatable bonds is 6. The number of hydrogen-bond acceptors (Lipinski definition) is 7. The van der Waals surface area contributed by atoms with Crippen LogP contribution in [-0.2, 0) is 25.5 Å². The minimum atomic E-state index is -0.568. The molecule has 0 radical (unpaired) electrons. The summed E-state index contributed by atoms with van der Waals surface area (Å²) in [5.74, 6) is -0.443. The number of nitrogens with one attached hydrogen (secondary N) is 1. The summed E-state index contributed by atoms with van der Waals surface area (Å²) in [6.07, 6.45) is 1.69. The average molecular weight is 364 g/mol. The van der Waals surface area contributed by atoms with Crippen LogP contribution in [0.2, 0.25) is 0 Å². The van der Waals surface area contributed by atoms with Gasteiger partial charge in [0.05, 0.1) is 24.8 Å². The topological polar surface area (TPSA) is 104 Å². The van der Waals surface area contributed by atoms with Gasteiger partial charge in [0.2, 0.25) is 5.91 Å². The molecule has 1 atom stereocenters. The monoisotopic (exact) mass is 363 g/mol. The number of esters is 1. The van der Waals surface area contributed by atoms with E-state index in [9.17, 15) is 9.59 Å². The molecular formula is C14H22ClN3O4S. The third kappa shape index (κ3) is 6.06. The number of carbonyl (C=O) groups is 2. The van der Waals surface area contributed by atoms with Crippen LogP contribution in [-0.4, -0.2) is 42.7 Å². The third-order valence-electron chi connectivity index (χ3n) is 3.49. The Labute approximate surface area is 145 Å². The molecule has 1 amide bonds. The summed E-state index contributed by atoms with van der Waals surface area (Å²) in [5, 5.41) is 4.89. The van der Waals surface area contributed by atoms with Crippen LogP contribution in [0.3, 0.4) is 0 Å². The summed E-state index contributed by atoms with van der Waals surface area (Å²) >= 11 is 1.27. The minimum absolute atomic E-state index is 0. The molecule has 0 spiro atoms. The second-order valence-electron chi connectivity index (χ2n) is 5.09.